The molecule has 0 unspecified atom stereocenters. The van der Waals surface area contributed by atoms with Crippen LogP contribution in [0.25, 0.3) is 0 Å². The monoisotopic (exact) mass is 244 g/mol. The summed E-state index contributed by atoms with van der Waals surface area (Å²) in [7, 11) is 0. The van der Waals surface area contributed by atoms with Crippen molar-refractivity contribution in [1.82, 2.24) is 14.8 Å². The highest BCUT2D eigenvalue weighted by atomic mass is 16.1. The molecule has 18 heavy (non-hydrogen) atoms. The number of nitrogens with zero attached hydrogens (tertiary/aromatic N) is 3. The lowest BCUT2D eigenvalue weighted by Gasteiger charge is -2.06. The van der Waals surface area contributed by atoms with Crippen molar-refractivity contribution >= 4 is 5.78 Å². The summed E-state index contributed by atoms with van der Waals surface area (Å²) in [5, 5.41) is 4.15. The molecule has 0 aliphatic carbocycles. The van der Waals surface area contributed by atoms with Gasteiger partial charge in [0.1, 0.15) is 5.69 Å². The third-order valence-electron chi connectivity index (χ3n) is 2.67. The molecule has 2 heterocycles. The molecule has 5 heteroatoms. The van der Waals surface area contributed by atoms with E-state index >= 15 is 0 Å². The third-order valence-corrected chi connectivity index (χ3v) is 2.67. The highest BCUT2D eigenvalue weighted by Gasteiger charge is 2.14. The van der Waals surface area contributed by atoms with E-state index in [4.69, 9.17) is 5.73 Å². The molecule has 0 saturated heterocycles. The van der Waals surface area contributed by atoms with Crippen molar-refractivity contribution in [3.05, 3.63) is 47.5 Å². The summed E-state index contributed by atoms with van der Waals surface area (Å²) >= 11 is 0. The van der Waals surface area contributed by atoms with Crippen LogP contribution >= 0.6 is 0 Å². The van der Waals surface area contributed by atoms with Gasteiger partial charge in [-0.05, 0) is 24.6 Å². The zero-order chi connectivity index (χ0) is 13.0. The van der Waals surface area contributed by atoms with Gasteiger partial charge in [-0.15, -0.1) is 0 Å². The normalized spacial score (nSPS) is 10.6. The smallest absolute Gasteiger partial charge is 0.211 e. The van der Waals surface area contributed by atoms with Crippen molar-refractivity contribution in [1.29, 1.82) is 0 Å². The van der Waals surface area contributed by atoms with Gasteiger partial charge in [-0.25, -0.2) is 0 Å². The van der Waals surface area contributed by atoms with Crippen LogP contribution in [0.5, 0.6) is 0 Å². The summed E-state index contributed by atoms with van der Waals surface area (Å²) in [5.74, 6) is -0.0435. The SMILES string of the molecule is CCCn1nccc1C(=O)c1ccnc(CN)c1. The van der Waals surface area contributed by atoms with Gasteiger partial charge >= 0.3 is 0 Å². The van der Waals surface area contributed by atoms with Gasteiger partial charge in [0.15, 0.2) is 0 Å². The van der Waals surface area contributed by atoms with E-state index in [0.29, 0.717) is 23.5 Å². The van der Waals surface area contributed by atoms with Crippen LogP contribution in [0.1, 0.15) is 35.1 Å². The molecule has 0 radical (unpaired) electrons. The molecular weight excluding hydrogens is 228 g/mol. The van der Waals surface area contributed by atoms with E-state index in [1.807, 2.05) is 0 Å². The Kier molecular flexibility index (Phi) is 3.84. The summed E-state index contributed by atoms with van der Waals surface area (Å²) in [6.45, 7) is 3.12. The lowest BCUT2D eigenvalue weighted by molar-refractivity contribution is 0.102. The lowest BCUT2D eigenvalue weighted by atomic mass is 10.1. The van der Waals surface area contributed by atoms with E-state index in [1.165, 1.54) is 0 Å². The number of carbonyl (C=O) groups excluding carboxylic acids is 1. The van der Waals surface area contributed by atoms with Crippen molar-refractivity contribution in [3.63, 3.8) is 0 Å². The predicted molar refractivity (Wildman–Crippen MR) is 68.1 cm³/mol. The maximum absolute atomic E-state index is 12.3. The number of aromatic nitrogens is 3. The van der Waals surface area contributed by atoms with Gasteiger partial charge in [-0.2, -0.15) is 5.10 Å². The average Bonchev–Trinajstić information content (AvgIpc) is 2.86. The summed E-state index contributed by atoms with van der Waals surface area (Å²) in [4.78, 5) is 16.4. The fourth-order valence-electron chi connectivity index (χ4n) is 1.79. The first-order valence-electron chi connectivity index (χ1n) is 5.97. The van der Waals surface area contributed by atoms with Crippen molar-refractivity contribution < 1.29 is 4.79 Å². The maximum Gasteiger partial charge on any atom is 0.211 e. The highest BCUT2D eigenvalue weighted by Crippen LogP contribution is 2.10. The summed E-state index contributed by atoms with van der Waals surface area (Å²) in [5.41, 5.74) is 7.44. The molecule has 0 aliphatic rings. The van der Waals surface area contributed by atoms with Crippen LogP contribution in [0.3, 0.4) is 0 Å². The number of hydrogen-bond donors (Lipinski definition) is 1. The lowest BCUT2D eigenvalue weighted by Crippen LogP contribution is -2.12. The van der Waals surface area contributed by atoms with Crippen LogP contribution in [-0.4, -0.2) is 20.5 Å². The van der Waals surface area contributed by atoms with Gasteiger partial charge in [0.2, 0.25) is 5.78 Å². The third kappa shape index (κ3) is 2.46. The summed E-state index contributed by atoms with van der Waals surface area (Å²) in [6, 6.07) is 5.16. The first-order valence-corrected chi connectivity index (χ1v) is 5.97. The van der Waals surface area contributed by atoms with E-state index in [2.05, 4.69) is 17.0 Å². The quantitative estimate of drug-likeness (QED) is 0.806. The van der Waals surface area contributed by atoms with Crippen molar-refractivity contribution in [3.8, 4) is 0 Å². The highest BCUT2D eigenvalue weighted by molar-refractivity contribution is 6.07. The summed E-state index contributed by atoms with van der Waals surface area (Å²) < 4.78 is 1.73. The second-order valence-electron chi connectivity index (χ2n) is 4.01. The second-order valence-corrected chi connectivity index (χ2v) is 4.01. The van der Waals surface area contributed by atoms with Crippen molar-refractivity contribution in [2.24, 2.45) is 5.73 Å². The maximum atomic E-state index is 12.3. The number of pyridine rings is 1. The van der Waals surface area contributed by atoms with Gasteiger partial charge < -0.3 is 5.73 Å². The Morgan fingerprint density at radius 3 is 2.94 bits per heavy atom. The minimum atomic E-state index is -0.0435. The average molecular weight is 244 g/mol. The Labute approximate surface area is 106 Å². The molecule has 2 N–H and O–H groups in total. The molecule has 0 spiro atoms. The minimum absolute atomic E-state index is 0.0435. The molecule has 0 bridgehead atoms. The number of aryl methyl sites for hydroxylation is 1. The molecule has 0 saturated carbocycles. The Morgan fingerprint density at radius 1 is 1.39 bits per heavy atom. The van der Waals surface area contributed by atoms with Crippen LogP contribution < -0.4 is 5.73 Å². The molecule has 0 aliphatic heterocycles. The number of rotatable bonds is 5. The van der Waals surface area contributed by atoms with Gasteiger partial charge in [0.05, 0.1) is 5.69 Å². The fraction of sp³-hybridized carbons (Fsp3) is 0.308. The molecule has 5 nitrogen and oxygen atoms in total. The number of hydrogen-bond acceptors (Lipinski definition) is 4. The van der Waals surface area contributed by atoms with E-state index in [0.717, 1.165) is 13.0 Å². The van der Waals surface area contributed by atoms with Crippen LogP contribution in [0.4, 0.5) is 0 Å². The Bertz CT molecular complexity index is 547. The van der Waals surface area contributed by atoms with Gasteiger partial charge in [0.25, 0.3) is 0 Å². The molecule has 2 aromatic rings. The van der Waals surface area contributed by atoms with Crippen LogP contribution in [0.2, 0.25) is 0 Å². The van der Waals surface area contributed by atoms with Crippen LogP contribution in [0.15, 0.2) is 30.6 Å². The summed E-state index contributed by atoms with van der Waals surface area (Å²) in [6.07, 6.45) is 4.19. The topological polar surface area (TPSA) is 73.8 Å². The predicted octanol–water partition coefficient (Wildman–Crippen LogP) is 1.38. The molecule has 0 fully saturated rings. The van der Waals surface area contributed by atoms with E-state index < -0.39 is 0 Å². The van der Waals surface area contributed by atoms with Crippen LogP contribution in [-0.2, 0) is 13.1 Å². The largest absolute Gasteiger partial charge is 0.325 e. The van der Waals surface area contributed by atoms with E-state index in [9.17, 15) is 4.79 Å². The standard InChI is InChI=1S/C13H16N4O/c1-2-7-17-12(4-6-16-17)13(18)10-3-5-15-11(8-10)9-14/h3-6,8H,2,7,9,14H2,1H3. The van der Waals surface area contributed by atoms with Crippen molar-refractivity contribution in [2.45, 2.75) is 26.4 Å². The van der Waals surface area contributed by atoms with Gasteiger partial charge in [-0.3, -0.25) is 14.5 Å². The van der Waals surface area contributed by atoms with E-state index in [1.54, 1.807) is 35.3 Å². The number of nitrogens with two attached hydrogens (primary N) is 1. The second kappa shape index (κ2) is 5.55. The number of carbonyl (C=O) groups is 1. The van der Waals surface area contributed by atoms with Crippen LogP contribution in [0, 0.1) is 0 Å². The molecular formula is C13H16N4O. The molecule has 2 rings (SSSR count). The first-order chi connectivity index (χ1) is 8.76. The van der Waals surface area contributed by atoms with Crippen molar-refractivity contribution in [2.75, 3.05) is 0 Å². The zero-order valence-electron chi connectivity index (χ0n) is 10.3. The number of ketones is 1. The molecule has 94 valence electrons. The van der Waals surface area contributed by atoms with E-state index in [-0.39, 0.29) is 5.78 Å². The molecule has 0 amide bonds. The Morgan fingerprint density at radius 2 is 2.22 bits per heavy atom. The van der Waals surface area contributed by atoms with Gasteiger partial charge in [0, 0.05) is 31.0 Å². The molecule has 0 atom stereocenters. The molecule has 0 aromatic carbocycles. The van der Waals surface area contributed by atoms with Gasteiger partial charge in [-0.1, -0.05) is 6.92 Å². The minimum Gasteiger partial charge on any atom is -0.325 e. The fourth-order valence-corrected chi connectivity index (χ4v) is 1.79. The first kappa shape index (κ1) is 12.4. The Balaban J connectivity index is 2.32. The zero-order valence-corrected chi connectivity index (χ0v) is 10.3. The Hall–Kier alpha value is -2.01. The molecule has 2 aromatic heterocycles.